The summed E-state index contributed by atoms with van der Waals surface area (Å²) < 4.78 is 3.81. The molecule has 1 aliphatic carbocycles. The van der Waals surface area contributed by atoms with Gasteiger partial charge in [0.15, 0.2) is 0 Å². The highest BCUT2D eigenvalue weighted by Crippen LogP contribution is 2.28. The Kier molecular flexibility index (Phi) is 1.87. The highest BCUT2D eigenvalue weighted by Gasteiger charge is 2.27. The first-order valence-corrected chi connectivity index (χ1v) is 4.71. The summed E-state index contributed by atoms with van der Waals surface area (Å²) in [7, 11) is 0. The van der Waals surface area contributed by atoms with E-state index in [-0.39, 0.29) is 0 Å². The third-order valence-electron chi connectivity index (χ3n) is 2.35. The highest BCUT2D eigenvalue weighted by atomic mass is 32.1. The Morgan fingerprint density at radius 3 is 3.00 bits per heavy atom. The molecule has 1 aliphatic rings. The summed E-state index contributed by atoms with van der Waals surface area (Å²) in [6.07, 6.45) is 3.47. The first kappa shape index (κ1) is 7.18. The van der Waals surface area contributed by atoms with E-state index >= 15 is 0 Å². The molecule has 0 aromatic carbocycles. The van der Waals surface area contributed by atoms with Gasteiger partial charge in [-0.1, -0.05) is 4.49 Å². The Morgan fingerprint density at radius 2 is 2.55 bits per heavy atom. The lowest BCUT2D eigenvalue weighted by atomic mass is 9.77. The predicted molar refractivity (Wildman–Crippen MR) is 44.3 cm³/mol. The van der Waals surface area contributed by atoms with Gasteiger partial charge in [-0.05, 0) is 36.7 Å². The Balaban J connectivity index is 1.91. The molecule has 2 atom stereocenters. The molecule has 3 nitrogen and oxygen atoms in total. The van der Waals surface area contributed by atoms with Crippen LogP contribution in [0.25, 0.3) is 0 Å². The van der Waals surface area contributed by atoms with Crippen LogP contribution in [0.15, 0.2) is 5.38 Å². The molecule has 0 amide bonds. The summed E-state index contributed by atoms with van der Waals surface area (Å²) in [5.74, 6) is 0.666. The summed E-state index contributed by atoms with van der Waals surface area (Å²) in [6, 6.07) is 0.414. The van der Waals surface area contributed by atoms with Crippen molar-refractivity contribution in [2.75, 3.05) is 0 Å². The van der Waals surface area contributed by atoms with E-state index in [4.69, 9.17) is 5.73 Å². The lowest BCUT2D eigenvalue weighted by molar-refractivity contribution is 0.254. The molecule has 0 radical (unpaired) electrons. The summed E-state index contributed by atoms with van der Waals surface area (Å²) in [4.78, 5) is 0. The number of hydrogen-bond donors (Lipinski definition) is 1. The molecule has 0 spiro atoms. The van der Waals surface area contributed by atoms with Gasteiger partial charge in [-0.2, -0.15) is 0 Å². The van der Waals surface area contributed by atoms with Crippen LogP contribution in [-0.4, -0.2) is 15.6 Å². The molecule has 2 N–H and O–H groups in total. The maximum absolute atomic E-state index is 5.79. The van der Waals surface area contributed by atoms with Crippen LogP contribution in [0.1, 0.15) is 18.5 Å². The molecule has 0 bridgehead atoms. The van der Waals surface area contributed by atoms with E-state index in [0.29, 0.717) is 12.0 Å². The number of nitrogens with zero attached hydrogens (tertiary/aromatic N) is 2. The molecular formula is C7H11N3S. The average Bonchev–Trinajstić information content (AvgIpc) is 2.49. The Hall–Kier alpha value is -0.480. The van der Waals surface area contributed by atoms with Crippen molar-refractivity contribution in [2.24, 2.45) is 11.7 Å². The maximum Gasteiger partial charge on any atom is 0.0758 e. The van der Waals surface area contributed by atoms with E-state index in [9.17, 15) is 0 Å². The van der Waals surface area contributed by atoms with Crippen molar-refractivity contribution >= 4 is 11.5 Å². The predicted octanol–water partition coefficient (Wildman–Crippen LogP) is 0.818. The standard InChI is InChI=1S/C7H11N3S/c8-7-2-1-5(7)3-6-4-11-10-9-6/h4-5,7H,1-3,8H2. The van der Waals surface area contributed by atoms with Gasteiger partial charge in [0.2, 0.25) is 0 Å². The van der Waals surface area contributed by atoms with Gasteiger partial charge < -0.3 is 5.73 Å². The second-order valence-corrected chi connectivity index (χ2v) is 3.71. The number of aromatic nitrogens is 2. The van der Waals surface area contributed by atoms with Crippen LogP contribution in [0.5, 0.6) is 0 Å². The van der Waals surface area contributed by atoms with Crippen LogP contribution in [0.4, 0.5) is 0 Å². The smallest absolute Gasteiger partial charge is 0.0758 e. The van der Waals surface area contributed by atoms with Gasteiger partial charge in [0.1, 0.15) is 0 Å². The fraction of sp³-hybridized carbons (Fsp3) is 0.714. The van der Waals surface area contributed by atoms with Gasteiger partial charge in [0.05, 0.1) is 5.69 Å². The molecule has 1 fully saturated rings. The van der Waals surface area contributed by atoms with E-state index in [1.54, 1.807) is 0 Å². The van der Waals surface area contributed by atoms with Crippen LogP contribution >= 0.6 is 11.5 Å². The van der Waals surface area contributed by atoms with E-state index in [0.717, 1.165) is 12.1 Å². The van der Waals surface area contributed by atoms with Crippen molar-refractivity contribution in [2.45, 2.75) is 25.3 Å². The molecule has 2 rings (SSSR count). The lowest BCUT2D eigenvalue weighted by Crippen LogP contribution is -2.40. The minimum absolute atomic E-state index is 0.414. The summed E-state index contributed by atoms with van der Waals surface area (Å²) in [5, 5.41) is 5.99. The summed E-state index contributed by atoms with van der Waals surface area (Å²) in [6.45, 7) is 0. The van der Waals surface area contributed by atoms with Crippen LogP contribution in [0.3, 0.4) is 0 Å². The first-order chi connectivity index (χ1) is 5.36. The topological polar surface area (TPSA) is 51.8 Å². The Labute approximate surface area is 69.8 Å². The molecule has 1 aromatic rings. The van der Waals surface area contributed by atoms with Crippen LogP contribution in [-0.2, 0) is 6.42 Å². The molecule has 1 aromatic heterocycles. The highest BCUT2D eigenvalue weighted by molar-refractivity contribution is 7.03. The fourth-order valence-corrected chi connectivity index (χ4v) is 1.85. The van der Waals surface area contributed by atoms with E-state index in [1.807, 2.05) is 5.38 Å². The summed E-state index contributed by atoms with van der Waals surface area (Å²) >= 11 is 1.42. The number of hydrogen-bond acceptors (Lipinski definition) is 4. The normalized spacial score (nSPS) is 29.9. The molecule has 1 heterocycles. The zero-order valence-electron chi connectivity index (χ0n) is 6.23. The van der Waals surface area contributed by atoms with Gasteiger partial charge in [0.25, 0.3) is 0 Å². The van der Waals surface area contributed by atoms with Crippen molar-refractivity contribution in [3.63, 3.8) is 0 Å². The van der Waals surface area contributed by atoms with Crippen molar-refractivity contribution in [1.82, 2.24) is 9.59 Å². The van der Waals surface area contributed by atoms with Gasteiger partial charge in [-0.15, -0.1) is 5.10 Å². The molecule has 0 aliphatic heterocycles. The lowest BCUT2D eigenvalue weighted by Gasteiger charge is -2.32. The fourth-order valence-electron chi connectivity index (χ4n) is 1.39. The van der Waals surface area contributed by atoms with E-state index in [2.05, 4.69) is 9.59 Å². The van der Waals surface area contributed by atoms with E-state index < -0.39 is 0 Å². The van der Waals surface area contributed by atoms with Crippen LogP contribution in [0, 0.1) is 5.92 Å². The SMILES string of the molecule is NC1CCC1Cc1csnn1. The molecule has 1 saturated carbocycles. The molecule has 0 saturated heterocycles. The molecule has 11 heavy (non-hydrogen) atoms. The van der Waals surface area contributed by atoms with Gasteiger partial charge in [-0.3, -0.25) is 0 Å². The quantitative estimate of drug-likeness (QED) is 0.713. The molecule has 4 heteroatoms. The van der Waals surface area contributed by atoms with Crippen molar-refractivity contribution in [1.29, 1.82) is 0 Å². The van der Waals surface area contributed by atoms with Gasteiger partial charge in [-0.25, -0.2) is 0 Å². The largest absolute Gasteiger partial charge is 0.327 e. The third kappa shape index (κ3) is 1.41. The van der Waals surface area contributed by atoms with E-state index in [1.165, 1.54) is 24.4 Å². The van der Waals surface area contributed by atoms with Crippen LogP contribution in [0.2, 0.25) is 0 Å². The molecule has 60 valence electrons. The third-order valence-corrected chi connectivity index (χ3v) is 2.91. The maximum atomic E-state index is 5.79. The van der Waals surface area contributed by atoms with Crippen LogP contribution < -0.4 is 5.73 Å². The molecular weight excluding hydrogens is 158 g/mol. The number of rotatable bonds is 2. The number of nitrogens with two attached hydrogens (primary N) is 1. The second-order valence-electron chi connectivity index (χ2n) is 3.10. The Morgan fingerprint density at radius 1 is 1.64 bits per heavy atom. The molecule has 2 unspecified atom stereocenters. The second kappa shape index (κ2) is 2.87. The minimum Gasteiger partial charge on any atom is -0.327 e. The van der Waals surface area contributed by atoms with Gasteiger partial charge >= 0.3 is 0 Å². The van der Waals surface area contributed by atoms with Gasteiger partial charge in [0, 0.05) is 11.4 Å². The first-order valence-electron chi connectivity index (χ1n) is 3.88. The van der Waals surface area contributed by atoms with Crippen molar-refractivity contribution < 1.29 is 0 Å². The average molecular weight is 169 g/mol. The zero-order chi connectivity index (χ0) is 7.68. The van der Waals surface area contributed by atoms with Crippen molar-refractivity contribution in [3.8, 4) is 0 Å². The minimum atomic E-state index is 0.414. The van der Waals surface area contributed by atoms with Crippen molar-refractivity contribution in [3.05, 3.63) is 11.1 Å². The Bertz CT molecular complexity index is 222. The summed E-state index contributed by atoms with van der Waals surface area (Å²) in [5.41, 5.74) is 6.90. The monoisotopic (exact) mass is 169 g/mol. The zero-order valence-corrected chi connectivity index (χ0v) is 7.05.